The number of benzene rings is 1. The molecule has 0 aliphatic rings. The predicted molar refractivity (Wildman–Crippen MR) is 73.7 cm³/mol. The summed E-state index contributed by atoms with van der Waals surface area (Å²) in [7, 11) is 0. The first-order valence-electron chi connectivity index (χ1n) is 6.02. The summed E-state index contributed by atoms with van der Waals surface area (Å²) >= 11 is 0. The minimum atomic E-state index is -0.418. The molecular weight excluding hydrogens is 242 g/mol. The van der Waals surface area contributed by atoms with E-state index in [0.717, 1.165) is 17.5 Å². The fourth-order valence-electron chi connectivity index (χ4n) is 1.94. The number of pyridine rings is 1. The number of nitrogens with zero attached hydrogens (tertiary/aromatic N) is 2. The minimum Gasteiger partial charge on any atom is -0.328 e. The molecule has 2 rings (SSSR count). The van der Waals surface area contributed by atoms with E-state index in [9.17, 15) is 10.1 Å². The third kappa shape index (κ3) is 3.14. The van der Waals surface area contributed by atoms with Crippen LogP contribution < -0.4 is 5.73 Å². The van der Waals surface area contributed by atoms with Crippen LogP contribution in [0.15, 0.2) is 42.6 Å². The zero-order valence-corrected chi connectivity index (χ0v) is 10.6. The van der Waals surface area contributed by atoms with Crippen molar-refractivity contribution in [3.05, 3.63) is 58.3 Å². The Hall–Kier alpha value is -2.27. The largest absolute Gasteiger partial charge is 0.328 e. The van der Waals surface area contributed by atoms with Gasteiger partial charge < -0.3 is 5.73 Å². The molecule has 2 aromatic rings. The third-order valence-corrected chi connectivity index (χ3v) is 2.77. The number of aromatic nitrogens is 1. The van der Waals surface area contributed by atoms with Crippen LogP contribution in [-0.2, 0) is 6.42 Å². The lowest BCUT2D eigenvalue weighted by molar-refractivity contribution is -0.384. The summed E-state index contributed by atoms with van der Waals surface area (Å²) in [6.45, 7) is 1.94. The van der Waals surface area contributed by atoms with Crippen molar-refractivity contribution in [2.45, 2.75) is 19.4 Å². The lowest BCUT2D eigenvalue weighted by atomic mass is 10.0. The van der Waals surface area contributed by atoms with Crippen molar-refractivity contribution < 1.29 is 4.92 Å². The van der Waals surface area contributed by atoms with Crippen molar-refractivity contribution in [3.8, 4) is 11.3 Å². The van der Waals surface area contributed by atoms with Crippen LogP contribution in [-0.4, -0.2) is 15.9 Å². The molecule has 1 unspecified atom stereocenters. The van der Waals surface area contributed by atoms with Gasteiger partial charge in [0.05, 0.1) is 4.92 Å². The van der Waals surface area contributed by atoms with Gasteiger partial charge in [-0.05, 0) is 25.0 Å². The van der Waals surface area contributed by atoms with Gasteiger partial charge in [0, 0.05) is 23.9 Å². The highest BCUT2D eigenvalue weighted by molar-refractivity contribution is 5.69. The molecular formula is C14H15N3O2. The fourth-order valence-corrected chi connectivity index (χ4v) is 1.94. The Morgan fingerprint density at radius 2 is 2.00 bits per heavy atom. The van der Waals surface area contributed by atoms with Crippen LogP contribution in [0.3, 0.4) is 0 Å². The Morgan fingerprint density at radius 3 is 2.58 bits per heavy atom. The van der Waals surface area contributed by atoms with Gasteiger partial charge in [-0.3, -0.25) is 10.1 Å². The SMILES string of the molecule is CC(N)Cc1ccc(-c2ncccc2[N+](=O)[O-])cc1. The van der Waals surface area contributed by atoms with Crippen molar-refractivity contribution in [1.29, 1.82) is 0 Å². The second kappa shape index (κ2) is 5.58. The molecule has 2 N–H and O–H groups in total. The zero-order valence-electron chi connectivity index (χ0n) is 10.6. The van der Waals surface area contributed by atoms with Gasteiger partial charge in [-0.15, -0.1) is 0 Å². The maximum absolute atomic E-state index is 11.0. The summed E-state index contributed by atoms with van der Waals surface area (Å²) in [5.74, 6) is 0. The van der Waals surface area contributed by atoms with Crippen molar-refractivity contribution >= 4 is 5.69 Å². The Bertz CT molecular complexity index is 579. The molecule has 1 heterocycles. The number of hydrogen-bond acceptors (Lipinski definition) is 4. The summed E-state index contributed by atoms with van der Waals surface area (Å²) < 4.78 is 0. The van der Waals surface area contributed by atoms with Gasteiger partial charge in [0.1, 0.15) is 5.69 Å². The summed E-state index contributed by atoms with van der Waals surface area (Å²) in [5, 5.41) is 11.0. The predicted octanol–water partition coefficient (Wildman–Crippen LogP) is 2.55. The number of nitrogens with two attached hydrogens (primary N) is 1. The van der Waals surface area contributed by atoms with Gasteiger partial charge in [-0.1, -0.05) is 24.3 Å². The van der Waals surface area contributed by atoms with Gasteiger partial charge in [0.15, 0.2) is 0 Å². The highest BCUT2D eigenvalue weighted by Crippen LogP contribution is 2.27. The quantitative estimate of drug-likeness (QED) is 0.674. The van der Waals surface area contributed by atoms with Crippen LogP contribution in [0, 0.1) is 10.1 Å². The Kier molecular flexibility index (Phi) is 3.87. The molecule has 0 radical (unpaired) electrons. The number of nitro groups is 1. The summed E-state index contributed by atoms with van der Waals surface area (Å²) in [4.78, 5) is 14.6. The van der Waals surface area contributed by atoms with Crippen LogP contribution in [0.1, 0.15) is 12.5 Å². The van der Waals surface area contributed by atoms with Crippen molar-refractivity contribution in [2.75, 3.05) is 0 Å². The van der Waals surface area contributed by atoms with E-state index < -0.39 is 4.92 Å². The van der Waals surface area contributed by atoms with E-state index >= 15 is 0 Å². The zero-order chi connectivity index (χ0) is 13.8. The average molecular weight is 257 g/mol. The van der Waals surface area contributed by atoms with Crippen LogP contribution >= 0.6 is 0 Å². The van der Waals surface area contributed by atoms with Crippen LogP contribution in [0.2, 0.25) is 0 Å². The third-order valence-electron chi connectivity index (χ3n) is 2.77. The topological polar surface area (TPSA) is 82.0 Å². The lowest BCUT2D eigenvalue weighted by Gasteiger charge is -2.06. The van der Waals surface area contributed by atoms with E-state index in [2.05, 4.69) is 4.98 Å². The van der Waals surface area contributed by atoms with E-state index in [1.54, 1.807) is 12.3 Å². The summed E-state index contributed by atoms with van der Waals surface area (Å²) in [6, 6.07) is 10.6. The molecule has 1 atom stereocenters. The molecule has 19 heavy (non-hydrogen) atoms. The standard InChI is InChI=1S/C14H15N3O2/c1-10(15)9-11-4-6-12(7-5-11)14-13(17(18)19)3-2-8-16-14/h2-8,10H,9,15H2,1H3. The normalized spacial score (nSPS) is 12.1. The molecule has 5 nitrogen and oxygen atoms in total. The van der Waals surface area contributed by atoms with Crippen molar-refractivity contribution in [2.24, 2.45) is 5.73 Å². The van der Waals surface area contributed by atoms with Gasteiger partial charge in [0.2, 0.25) is 0 Å². The summed E-state index contributed by atoms with van der Waals surface area (Å²) in [5.41, 5.74) is 7.99. The molecule has 5 heteroatoms. The van der Waals surface area contributed by atoms with Gasteiger partial charge >= 0.3 is 0 Å². The lowest BCUT2D eigenvalue weighted by Crippen LogP contribution is -2.17. The van der Waals surface area contributed by atoms with Crippen LogP contribution in [0.5, 0.6) is 0 Å². The van der Waals surface area contributed by atoms with E-state index in [0.29, 0.717) is 5.69 Å². The smallest absolute Gasteiger partial charge is 0.295 e. The first-order chi connectivity index (χ1) is 9.08. The molecule has 0 saturated carbocycles. The fraction of sp³-hybridized carbons (Fsp3) is 0.214. The molecule has 0 amide bonds. The Labute approximate surface area is 111 Å². The van der Waals surface area contributed by atoms with Crippen LogP contribution in [0.25, 0.3) is 11.3 Å². The average Bonchev–Trinajstić information content (AvgIpc) is 2.39. The molecule has 0 fully saturated rings. The highest BCUT2D eigenvalue weighted by Gasteiger charge is 2.15. The second-order valence-corrected chi connectivity index (χ2v) is 4.51. The monoisotopic (exact) mass is 257 g/mol. The number of hydrogen-bond donors (Lipinski definition) is 1. The Balaban J connectivity index is 2.35. The molecule has 1 aromatic heterocycles. The first-order valence-corrected chi connectivity index (χ1v) is 6.02. The molecule has 0 bridgehead atoms. The molecule has 0 spiro atoms. The highest BCUT2D eigenvalue weighted by atomic mass is 16.6. The maximum atomic E-state index is 11.0. The molecule has 0 saturated heterocycles. The van der Waals surface area contributed by atoms with E-state index in [-0.39, 0.29) is 11.7 Å². The molecule has 0 aliphatic carbocycles. The Morgan fingerprint density at radius 1 is 1.32 bits per heavy atom. The molecule has 0 aliphatic heterocycles. The molecule has 98 valence electrons. The van der Waals surface area contributed by atoms with Crippen LogP contribution in [0.4, 0.5) is 5.69 Å². The summed E-state index contributed by atoms with van der Waals surface area (Å²) in [6.07, 6.45) is 2.34. The minimum absolute atomic E-state index is 0.0162. The second-order valence-electron chi connectivity index (χ2n) is 4.51. The van der Waals surface area contributed by atoms with Crippen molar-refractivity contribution in [1.82, 2.24) is 4.98 Å². The van der Waals surface area contributed by atoms with Crippen molar-refractivity contribution in [3.63, 3.8) is 0 Å². The van der Waals surface area contributed by atoms with Gasteiger partial charge in [0.25, 0.3) is 5.69 Å². The van der Waals surface area contributed by atoms with Gasteiger partial charge in [-0.2, -0.15) is 0 Å². The van der Waals surface area contributed by atoms with E-state index in [1.807, 2.05) is 31.2 Å². The van der Waals surface area contributed by atoms with E-state index in [1.165, 1.54) is 6.07 Å². The van der Waals surface area contributed by atoms with E-state index in [4.69, 9.17) is 5.73 Å². The first kappa shape index (κ1) is 13.2. The number of rotatable bonds is 4. The van der Waals surface area contributed by atoms with Gasteiger partial charge in [-0.25, -0.2) is 4.98 Å². The molecule has 1 aromatic carbocycles. The maximum Gasteiger partial charge on any atom is 0.295 e.